The molecule has 6 rings (SSSR count). The van der Waals surface area contributed by atoms with Crippen LogP contribution in [0.3, 0.4) is 0 Å². The number of piperidine rings is 2. The molecule has 2 aromatic carbocycles. The second-order valence-electron chi connectivity index (χ2n) is 12.1. The Morgan fingerprint density at radius 1 is 0.591 bits per heavy atom. The molecule has 10 heteroatoms. The Morgan fingerprint density at radius 3 is 1.30 bits per heavy atom. The first-order chi connectivity index (χ1) is 21.2. The summed E-state index contributed by atoms with van der Waals surface area (Å²) in [6.07, 6.45) is 4.52. The Kier molecular flexibility index (Phi) is 10.0. The van der Waals surface area contributed by atoms with E-state index in [1.807, 2.05) is 26.2 Å². The van der Waals surface area contributed by atoms with Crippen molar-refractivity contribution in [2.24, 2.45) is 11.8 Å². The van der Waals surface area contributed by atoms with E-state index in [0.717, 1.165) is 25.7 Å². The van der Waals surface area contributed by atoms with Gasteiger partial charge in [-0.1, -0.05) is 36.4 Å². The molecule has 0 aromatic heterocycles. The van der Waals surface area contributed by atoms with Crippen molar-refractivity contribution in [2.45, 2.75) is 74.9 Å². The van der Waals surface area contributed by atoms with Gasteiger partial charge in [0.15, 0.2) is 0 Å². The van der Waals surface area contributed by atoms with Crippen LogP contribution in [0.1, 0.15) is 59.2 Å². The minimum atomic E-state index is -0.408. The number of fused-ring (bicyclic) bond motifs is 4. The van der Waals surface area contributed by atoms with Crippen molar-refractivity contribution in [3.63, 3.8) is 0 Å². The summed E-state index contributed by atoms with van der Waals surface area (Å²) >= 11 is 0. The predicted molar refractivity (Wildman–Crippen MR) is 161 cm³/mol. The zero-order valence-corrected chi connectivity index (χ0v) is 25.8. The average molecular weight is 607 g/mol. The van der Waals surface area contributed by atoms with Crippen LogP contribution < -0.4 is 0 Å². The molecular weight excluding hydrogens is 564 g/mol. The Labute approximate surface area is 258 Å². The molecule has 236 valence electrons. The second kappa shape index (κ2) is 13.9. The number of methoxy groups -OCH3 is 2. The molecular formula is C34H42N2O8. The maximum Gasteiger partial charge on any atom is 0.338 e. The van der Waals surface area contributed by atoms with E-state index in [0.29, 0.717) is 36.1 Å². The lowest BCUT2D eigenvalue weighted by molar-refractivity contribution is -0.157. The lowest BCUT2D eigenvalue weighted by Crippen LogP contribution is -2.53. The molecule has 0 saturated carbocycles. The third kappa shape index (κ3) is 6.51. The van der Waals surface area contributed by atoms with Gasteiger partial charge in [0.05, 0.1) is 25.3 Å². The molecule has 0 spiro atoms. The van der Waals surface area contributed by atoms with Crippen molar-refractivity contribution in [1.82, 2.24) is 9.80 Å². The lowest BCUT2D eigenvalue weighted by Gasteiger charge is -2.40. The lowest BCUT2D eigenvalue weighted by atomic mass is 9.87. The number of carbonyl (C=O) groups excluding carboxylic acids is 4. The van der Waals surface area contributed by atoms with Gasteiger partial charge in [0, 0.05) is 37.0 Å². The predicted octanol–water partition coefficient (Wildman–Crippen LogP) is 3.74. The van der Waals surface area contributed by atoms with E-state index in [4.69, 9.17) is 18.9 Å². The number of ether oxygens (including phenoxy) is 4. The van der Waals surface area contributed by atoms with Crippen LogP contribution in [-0.2, 0) is 28.5 Å². The highest BCUT2D eigenvalue weighted by atomic mass is 16.6. The van der Waals surface area contributed by atoms with Crippen molar-refractivity contribution in [3.8, 4) is 0 Å². The second-order valence-corrected chi connectivity index (χ2v) is 12.1. The Hall–Kier alpha value is -3.76. The first-order valence-electron chi connectivity index (χ1n) is 15.3. The molecule has 4 aliphatic heterocycles. The number of nitrogens with zero attached hydrogens (tertiary/aromatic N) is 2. The van der Waals surface area contributed by atoms with Crippen molar-refractivity contribution in [1.29, 1.82) is 0 Å². The molecule has 4 heterocycles. The van der Waals surface area contributed by atoms with Gasteiger partial charge in [0.2, 0.25) is 0 Å². The van der Waals surface area contributed by atoms with E-state index in [1.54, 1.807) is 48.5 Å². The number of esters is 4. The summed E-state index contributed by atoms with van der Waals surface area (Å²) in [6.45, 7) is 0. The van der Waals surface area contributed by atoms with Crippen molar-refractivity contribution in [2.75, 3.05) is 28.3 Å². The maximum atomic E-state index is 12.3. The molecule has 4 saturated heterocycles. The van der Waals surface area contributed by atoms with Gasteiger partial charge < -0.3 is 18.9 Å². The number of carbonyl (C=O) groups is 4. The summed E-state index contributed by atoms with van der Waals surface area (Å²) in [7, 11) is 6.85. The monoisotopic (exact) mass is 606 g/mol. The molecule has 2 aromatic rings. The normalized spacial score (nSPS) is 30.8. The molecule has 44 heavy (non-hydrogen) atoms. The Bertz CT molecular complexity index is 1220. The zero-order chi connectivity index (χ0) is 31.4. The highest BCUT2D eigenvalue weighted by Crippen LogP contribution is 2.41. The van der Waals surface area contributed by atoms with E-state index in [2.05, 4.69) is 9.80 Å². The average Bonchev–Trinajstić information content (AvgIpc) is 3.42. The molecule has 10 nitrogen and oxygen atoms in total. The van der Waals surface area contributed by atoms with E-state index in [1.165, 1.54) is 14.2 Å². The summed E-state index contributed by atoms with van der Waals surface area (Å²) in [5, 5.41) is 0. The van der Waals surface area contributed by atoms with E-state index in [-0.39, 0.29) is 36.0 Å². The third-order valence-electron chi connectivity index (χ3n) is 9.91. The summed E-state index contributed by atoms with van der Waals surface area (Å²) < 4.78 is 21.2. The number of hydrogen-bond acceptors (Lipinski definition) is 10. The Balaban J connectivity index is 0.000000175. The maximum absolute atomic E-state index is 12.3. The van der Waals surface area contributed by atoms with Gasteiger partial charge >= 0.3 is 23.9 Å². The Morgan fingerprint density at radius 2 is 0.955 bits per heavy atom. The molecule has 0 radical (unpaired) electrons. The van der Waals surface area contributed by atoms with Crippen molar-refractivity contribution in [3.05, 3.63) is 71.8 Å². The smallest absolute Gasteiger partial charge is 0.338 e. The molecule has 4 fully saturated rings. The van der Waals surface area contributed by atoms with Gasteiger partial charge in [-0.3, -0.25) is 19.4 Å². The fraction of sp³-hybridized carbons (Fsp3) is 0.529. The van der Waals surface area contributed by atoms with Gasteiger partial charge in [-0.2, -0.15) is 0 Å². The van der Waals surface area contributed by atoms with Crippen LogP contribution in [0.25, 0.3) is 0 Å². The van der Waals surface area contributed by atoms with Crippen molar-refractivity contribution < 1.29 is 38.1 Å². The van der Waals surface area contributed by atoms with Crippen LogP contribution in [-0.4, -0.2) is 98.4 Å². The van der Waals surface area contributed by atoms with E-state index in [9.17, 15) is 19.2 Å². The van der Waals surface area contributed by atoms with Crippen LogP contribution in [0.15, 0.2) is 60.7 Å². The number of hydrogen-bond donors (Lipinski definition) is 0. The standard InChI is InChI=1S/2C17H21NO4/c2*1-18-12-8-9-13(18)15(17(20)21-2)14(10-12)22-16(19)11-6-4-3-5-7-11/h2*3-7,12-15H,8-10H2,1-2H3/t2*12-,13+,14-,15+/m00/s1. The molecule has 0 aliphatic carbocycles. The molecule has 8 atom stereocenters. The third-order valence-corrected chi connectivity index (χ3v) is 9.91. The highest BCUT2D eigenvalue weighted by molar-refractivity contribution is 5.90. The largest absolute Gasteiger partial charge is 0.469 e. The van der Waals surface area contributed by atoms with Crippen molar-refractivity contribution >= 4 is 23.9 Å². The molecule has 4 bridgehead atoms. The fourth-order valence-electron chi connectivity index (χ4n) is 7.53. The summed E-state index contributed by atoms with van der Waals surface area (Å²) in [5.74, 6) is -2.12. The van der Waals surface area contributed by atoms with Crippen LogP contribution in [0.4, 0.5) is 0 Å². The first-order valence-corrected chi connectivity index (χ1v) is 15.3. The summed E-state index contributed by atoms with van der Waals surface area (Å²) in [4.78, 5) is 53.4. The van der Waals surface area contributed by atoms with E-state index >= 15 is 0 Å². The van der Waals surface area contributed by atoms with Gasteiger partial charge in [-0.05, 0) is 64.0 Å². The molecule has 0 unspecified atom stereocenters. The van der Waals surface area contributed by atoms with Crippen LogP contribution >= 0.6 is 0 Å². The van der Waals surface area contributed by atoms with Gasteiger partial charge in [-0.25, -0.2) is 9.59 Å². The minimum absolute atomic E-state index is 0.0970. The first kappa shape index (κ1) is 31.7. The quantitative estimate of drug-likeness (QED) is 0.356. The SMILES string of the molecule is COC(=O)[C@H]1[C@@H](OC(=O)c2ccccc2)C[C@@H]2CC[C@H]1N2C.COC(=O)[C@H]1[C@@H](OC(=O)c2ccccc2)C[C@@H]2CC[C@H]1N2C. The molecule has 4 aliphatic rings. The zero-order valence-electron chi connectivity index (χ0n) is 25.8. The number of benzene rings is 2. The van der Waals surface area contributed by atoms with Gasteiger partial charge in [0.25, 0.3) is 0 Å². The van der Waals surface area contributed by atoms with Crippen LogP contribution in [0.2, 0.25) is 0 Å². The van der Waals surface area contributed by atoms with Gasteiger partial charge in [0.1, 0.15) is 24.0 Å². The summed E-state index contributed by atoms with van der Waals surface area (Å²) in [5.41, 5.74) is 1.02. The topological polar surface area (TPSA) is 112 Å². The van der Waals surface area contributed by atoms with Crippen LogP contribution in [0, 0.1) is 11.8 Å². The molecule has 0 amide bonds. The van der Waals surface area contributed by atoms with Crippen LogP contribution in [0.5, 0.6) is 0 Å². The summed E-state index contributed by atoms with van der Waals surface area (Å²) in [6, 6.07) is 18.7. The number of rotatable bonds is 6. The molecule has 0 N–H and O–H groups in total. The highest BCUT2D eigenvalue weighted by Gasteiger charge is 2.52. The fourth-order valence-corrected chi connectivity index (χ4v) is 7.53. The van der Waals surface area contributed by atoms with E-state index < -0.39 is 24.0 Å². The minimum Gasteiger partial charge on any atom is -0.469 e. The van der Waals surface area contributed by atoms with Gasteiger partial charge in [-0.15, -0.1) is 0 Å².